The first kappa shape index (κ1) is 13.6. The number of aromatic nitrogens is 2. The smallest absolute Gasteiger partial charge is 0.0658 e. The quantitative estimate of drug-likeness (QED) is 0.849. The van der Waals surface area contributed by atoms with Crippen molar-refractivity contribution in [2.45, 2.75) is 31.7 Å². The topological polar surface area (TPSA) is 24.3 Å². The molecule has 3 rings (SSSR count). The lowest BCUT2D eigenvalue weighted by molar-refractivity contribution is 0.193. The lowest BCUT2D eigenvalue weighted by Crippen LogP contribution is -2.37. The molecule has 2 aliphatic heterocycles. The minimum atomic E-state index is 0.563. The summed E-state index contributed by atoms with van der Waals surface area (Å²) in [7, 11) is 0. The fraction of sp³-hybridized carbons (Fsp3) is 0.786. The van der Waals surface area contributed by atoms with E-state index in [-0.39, 0.29) is 0 Å². The number of hydrogen-bond acceptors (Lipinski definition) is 3. The highest BCUT2D eigenvalue weighted by Crippen LogP contribution is 2.22. The van der Waals surface area contributed by atoms with Gasteiger partial charge < -0.3 is 4.90 Å². The van der Waals surface area contributed by atoms with Crippen LogP contribution >= 0.6 is 15.9 Å². The zero-order valence-electron chi connectivity index (χ0n) is 11.5. The normalized spacial score (nSPS) is 26.1. The molecule has 1 aromatic rings. The Bertz CT molecular complexity index is 400. The highest BCUT2D eigenvalue weighted by Gasteiger charge is 2.24. The van der Waals surface area contributed by atoms with Gasteiger partial charge in [-0.05, 0) is 48.3 Å². The molecule has 4 nitrogen and oxygen atoms in total. The van der Waals surface area contributed by atoms with Gasteiger partial charge in [0.05, 0.1) is 16.7 Å². The second-order valence-corrected chi connectivity index (χ2v) is 6.70. The largest absolute Gasteiger partial charge is 0.302 e. The average molecular weight is 327 g/mol. The van der Waals surface area contributed by atoms with E-state index in [1.165, 1.54) is 58.4 Å². The second-order valence-electron chi connectivity index (χ2n) is 5.78. The van der Waals surface area contributed by atoms with Crippen molar-refractivity contribution in [2.75, 3.05) is 39.3 Å². The molecule has 0 saturated carbocycles. The van der Waals surface area contributed by atoms with Gasteiger partial charge in [0.15, 0.2) is 0 Å². The summed E-state index contributed by atoms with van der Waals surface area (Å²) in [5.41, 5.74) is 0. The molecule has 0 radical (unpaired) electrons. The van der Waals surface area contributed by atoms with Crippen molar-refractivity contribution in [3.8, 4) is 0 Å². The van der Waals surface area contributed by atoms with Crippen molar-refractivity contribution >= 4 is 15.9 Å². The van der Waals surface area contributed by atoms with Crippen LogP contribution in [-0.4, -0.2) is 58.8 Å². The first-order valence-corrected chi connectivity index (χ1v) is 8.25. The average Bonchev–Trinajstić information content (AvgIpc) is 3.06. The fourth-order valence-corrected chi connectivity index (χ4v) is 3.51. The number of hydrogen-bond donors (Lipinski definition) is 0. The Hall–Kier alpha value is -0.390. The molecule has 0 bridgehead atoms. The highest BCUT2D eigenvalue weighted by molar-refractivity contribution is 9.10. The van der Waals surface area contributed by atoms with Crippen LogP contribution in [0.2, 0.25) is 0 Å². The van der Waals surface area contributed by atoms with Gasteiger partial charge >= 0.3 is 0 Å². The van der Waals surface area contributed by atoms with Crippen molar-refractivity contribution < 1.29 is 0 Å². The lowest BCUT2D eigenvalue weighted by atomic mass is 10.1. The van der Waals surface area contributed by atoms with Crippen LogP contribution in [0.4, 0.5) is 0 Å². The van der Waals surface area contributed by atoms with Crippen LogP contribution in [0.25, 0.3) is 0 Å². The Morgan fingerprint density at radius 3 is 2.63 bits per heavy atom. The zero-order chi connectivity index (χ0) is 13.1. The zero-order valence-corrected chi connectivity index (χ0v) is 13.1. The third kappa shape index (κ3) is 3.58. The number of halogens is 1. The van der Waals surface area contributed by atoms with E-state index in [0.717, 1.165) is 11.0 Å². The third-order valence-electron chi connectivity index (χ3n) is 4.37. The van der Waals surface area contributed by atoms with Crippen molar-refractivity contribution in [2.24, 2.45) is 0 Å². The van der Waals surface area contributed by atoms with E-state index in [9.17, 15) is 0 Å². The molecule has 0 spiro atoms. The molecular weight excluding hydrogens is 304 g/mol. The summed E-state index contributed by atoms with van der Waals surface area (Å²) < 4.78 is 3.20. The molecule has 1 atom stereocenters. The maximum Gasteiger partial charge on any atom is 0.0658 e. The molecule has 1 aromatic heterocycles. The molecule has 0 aromatic carbocycles. The van der Waals surface area contributed by atoms with Crippen LogP contribution in [0.15, 0.2) is 16.9 Å². The molecule has 2 saturated heterocycles. The van der Waals surface area contributed by atoms with Crippen LogP contribution in [0.1, 0.15) is 31.7 Å². The molecule has 2 fully saturated rings. The third-order valence-corrected chi connectivity index (χ3v) is 4.78. The van der Waals surface area contributed by atoms with Gasteiger partial charge in [-0.2, -0.15) is 5.10 Å². The van der Waals surface area contributed by atoms with Crippen LogP contribution in [0.5, 0.6) is 0 Å². The number of piperidine rings is 1. The molecule has 0 aliphatic carbocycles. The molecular formula is C14H23BrN4. The Balaban J connectivity index is 1.44. The van der Waals surface area contributed by atoms with Crippen LogP contribution in [0, 0.1) is 0 Å². The summed E-state index contributed by atoms with van der Waals surface area (Å²) >= 11 is 3.47. The van der Waals surface area contributed by atoms with Crippen LogP contribution < -0.4 is 0 Å². The van der Waals surface area contributed by atoms with Crippen LogP contribution in [-0.2, 0) is 0 Å². The van der Waals surface area contributed by atoms with Crippen molar-refractivity contribution in [1.29, 1.82) is 0 Å². The summed E-state index contributed by atoms with van der Waals surface area (Å²) in [6.45, 7) is 7.46. The van der Waals surface area contributed by atoms with Gasteiger partial charge in [-0.3, -0.25) is 9.58 Å². The summed E-state index contributed by atoms with van der Waals surface area (Å²) in [6, 6.07) is 0.563. The van der Waals surface area contributed by atoms with Crippen LogP contribution in [0.3, 0.4) is 0 Å². The Labute approximate surface area is 123 Å². The van der Waals surface area contributed by atoms with Gasteiger partial charge in [-0.25, -0.2) is 0 Å². The molecule has 2 aliphatic rings. The van der Waals surface area contributed by atoms with E-state index in [1.54, 1.807) is 0 Å². The number of nitrogens with zero attached hydrogens (tertiary/aromatic N) is 4. The van der Waals surface area contributed by atoms with E-state index < -0.39 is 0 Å². The maximum atomic E-state index is 4.41. The summed E-state index contributed by atoms with van der Waals surface area (Å²) in [6.07, 6.45) is 9.42. The minimum absolute atomic E-state index is 0.563. The predicted molar refractivity (Wildman–Crippen MR) is 80.3 cm³/mol. The van der Waals surface area contributed by atoms with Gasteiger partial charge in [0.2, 0.25) is 0 Å². The maximum absolute atomic E-state index is 4.41. The van der Waals surface area contributed by atoms with E-state index in [0.29, 0.717) is 6.04 Å². The molecule has 5 heteroatoms. The summed E-state index contributed by atoms with van der Waals surface area (Å²) in [5, 5.41) is 4.41. The Morgan fingerprint density at radius 2 is 1.89 bits per heavy atom. The fourth-order valence-electron chi connectivity index (χ4n) is 3.21. The summed E-state index contributed by atoms with van der Waals surface area (Å²) in [4.78, 5) is 5.22. The van der Waals surface area contributed by atoms with E-state index >= 15 is 0 Å². The molecule has 106 valence electrons. The van der Waals surface area contributed by atoms with E-state index in [4.69, 9.17) is 0 Å². The van der Waals surface area contributed by atoms with E-state index in [2.05, 4.69) is 41.7 Å². The van der Waals surface area contributed by atoms with Gasteiger partial charge in [0.1, 0.15) is 0 Å². The minimum Gasteiger partial charge on any atom is -0.302 e. The molecule has 1 unspecified atom stereocenters. The Kier molecular flexibility index (Phi) is 4.56. The lowest BCUT2D eigenvalue weighted by Gasteiger charge is -2.28. The van der Waals surface area contributed by atoms with Gasteiger partial charge in [-0.1, -0.05) is 6.42 Å². The van der Waals surface area contributed by atoms with E-state index in [1.807, 2.05) is 6.20 Å². The van der Waals surface area contributed by atoms with Crippen molar-refractivity contribution in [3.63, 3.8) is 0 Å². The highest BCUT2D eigenvalue weighted by atomic mass is 79.9. The molecule has 3 heterocycles. The van der Waals surface area contributed by atoms with Crippen molar-refractivity contribution in [1.82, 2.24) is 19.6 Å². The first-order chi connectivity index (χ1) is 9.31. The van der Waals surface area contributed by atoms with Gasteiger partial charge in [0.25, 0.3) is 0 Å². The molecule has 0 N–H and O–H groups in total. The molecule has 0 amide bonds. The SMILES string of the molecule is Brc1cnn(C2CCN(CCN3CCCCC3)C2)c1. The van der Waals surface area contributed by atoms with Gasteiger partial charge in [-0.15, -0.1) is 0 Å². The number of likely N-dealkylation sites (tertiary alicyclic amines) is 2. The predicted octanol–water partition coefficient (Wildman–Crippen LogP) is 2.38. The Morgan fingerprint density at radius 1 is 1.11 bits per heavy atom. The number of rotatable bonds is 4. The summed E-state index contributed by atoms with van der Waals surface area (Å²) in [5.74, 6) is 0. The second kappa shape index (κ2) is 6.37. The van der Waals surface area contributed by atoms with Gasteiger partial charge in [0, 0.05) is 32.4 Å². The monoisotopic (exact) mass is 326 g/mol. The van der Waals surface area contributed by atoms with Crippen molar-refractivity contribution in [3.05, 3.63) is 16.9 Å². The first-order valence-electron chi connectivity index (χ1n) is 7.45. The molecule has 19 heavy (non-hydrogen) atoms. The standard InChI is InChI=1S/C14H23BrN4/c15-13-10-16-19(11-13)14-4-7-18(12-14)9-8-17-5-2-1-3-6-17/h10-11,14H,1-9,12H2.